The molecule has 1 amide bonds. The van der Waals surface area contributed by atoms with Crippen molar-refractivity contribution in [1.82, 2.24) is 25.0 Å². The van der Waals surface area contributed by atoms with Gasteiger partial charge in [-0.25, -0.2) is 4.98 Å². The zero-order valence-corrected chi connectivity index (χ0v) is 21.0. The fourth-order valence-electron chi connectivity index (χ4n) is 4.56. The summed E-state index contributed by atoms with van der Waals surface area (Å²) >= 11 is 0. The minimum Gasteiger partial charge on any atom is -0.497 e. The second kappa shape index (κ2) is 10.4. The number of benzene rings is 1. The molecule has 34 heavy (non-hydrogen) atoms. The van der Waals surface area contributed by atoms with Crippen LogP contribution in [0.4, 0.5) is 5.69 Å². The molecule has 3 heterocycles. The van der Waals surface area contributed by atoms with Crippen LogP contribution in [0, 0.1) is 6.92 Å². The molecule has 8 heteroatoms. The van der Waals surface area contributed by atoms with Crippen LogP contribution in [0.2, 0.25) is 0 Å². The second-order valence-corrected chi connectivity index (χ2v) is 9.29. The Labute approximate surface area is 201 Å². The molecule has 8 nitrogen and oxygen atoms in total. The first-order valence-corrected chi connectivity index (χ1v) is 12.1. The lowest BCUT2D eigenvalue weighted by Crippen LogP contribution is -2.47. The third-order valence-corrected chi connectivity index (χ3v) is 6.57. The molecule has 1 N–H and O–H groups in total. The summed E-state index contributed by atoms with van der Waals surface area (Å²) in [6.07, 6.45) is 0.922. The monoisotopic (exact) mass is 464 g/mol. The summed E-state index contributed by atoms with van der Waals surface area (Å²) in [5, 5.41) is 8.46. The van der Waals surface area contributed by atoms with Crippen LogP contribution >= 0.6 is 0 Å². The highest BCUT2D eigenvalue weighted by atomic mass is 16.5. The van der Waals surface area contributed by atoms with Crippen molar-refractivity contribution in [2.45, 2.75) is 33.1 Å². The highest BCUT2D eigenvalue weighted by Gasteiger charge is 2.20. The van der Waals surface area contributed by atoms with Crippen molar-refractivity contribution >= 4 is 22.6 Å². The van der Waals surface area contributed by atoms with E-state index in [-0.39, 0.29) is 11.8 Å². The maximum atomic E-state index is 13.1. The number of anilines is 1. The molecule has 0 atom stereocenters. The van der Waals surface area contributed by atoms with Crippen molar-refractivity contribution < 1.29 is 9.53 Å². The molecule has 3 aromatic rings. The van der Waals surface area contributed by atoms with Gasteiger partial charge in [0, 0.05) is 51.2 Å². The van der Waals surface area contributed by atoms with Gasteiger partial charge in [-0.1, -0.05) is 13.8 Å². The Balaban J connectivity index is 1.28. The van der Waals surface area contributed by atoms with Gasteiger partial charge >= 0.3 is 0 Å². The molecule has 0 radical (unpaired) electrons. The highest BCUT2D eigenvalue weighted by Crippen LogP contribution is 2.25. The van der Waals surface area contributed by atoms with Crippen molar-refractivity contribution in [3.8, 4) is 5.75 Å². The van der Waals surface area contributed by atoms with Crippen LogP contribution in [-0.2, 0) is 7.05 Å². The van der Waals surface area contributed by atoms with E-state index in [0.717, 1.165) is 67.3 Å². The lowest BCUT2D eigenvalue weighted by Gasteiger charge is -2.36. The molecule has 182 valence electrons. The standard InChI is InChI=1S/C26H36N6O2/c1-18(2)23-17-22(24-19(3)29-30(4)25(24)28-23)26(33)27-11-6-12-31-13-15-32(16-14-31)20-7-9-21(34-5)10-8-20/h7-10,17-18H,6,11-16H2,1-5H3,(H,27,33). The first-order valence-electron chi connectivity index (χ1n) is 12.1. The molecule has 0 bridgehead atoms. The van der Waals surface area contributed by atoms with E-state index in [4.69, 9.17) is 9.72 Å². The van der Waals surface area contributed by atoms with E-state index in [1.807, 2.05) is 32.2 Å². The average molecular weight is 465 g/mol. The molecule has 0 aliphatic carbocycles. The molecule has 1 fully saturated rings. The van der Waals surface area contributed by atoms with E-state index >= 15 is 0 Å². The molecule has 1 aliphatic rings. The predicted octanol–water partition coefficient (Wildman–Crippen LogP) is 3.35. The number of methoxy groups -OCH3 is 1. The van der Waals surface area contributed by atoms with Crippen LogP contribution in [0.3, 0.4) is 0 Å². The van der Waals surface area contributed by atoms with Crippen LogP contribution in [0.15, 0.2) is 30.3 Å². The lowest BCUT2D eigenvalue weighted by atomic mass is 10.0. The lowest BCUT2D eigenvalue weighted by molar-refractivity contribution is 0.0953. The molecule has 0 saturated carbocycles. The number of carbonyl (C=O) groups excluding carboxylic acids is 1. The maximum Gasteiger partial charge on any atom is 0.252 e. The Morgan fingerprint density at radius 3 is 2.50 bits per heavy atom. The third-order valence-electron chi connectivity index (χ3n) is 6.57. The number of amides is 1. The van der Waals surface area contributed by atoms with Gasteiger partial charge in [0.2, 0.25) is 0 Å². The van der Waals surface area contributed by atoms with Crippen LogP contribution in [0.5, 0.6) is 5.75 Å². The number of fused-ring (bicyclic) bond motifs is 1. The number of pyridine rings is 1. The van der Waals surface area contributed by atoms with Crippen molar-refractivity contribution in [1.29, 1.82) is 0 Å². The zero-order valence-electron chi connectivity index (χ0n) is 21.0. The molecule has 1 aromatic carbocycles. The third kappa shape index (κ3) is 5.17. The van der Waals surface area contributed by atoms with Crippen molar-refractivity contribution in [2.75, 3.05) is 51.3 Å². The van der Waals surface area contributed by atoms with Gasteiger partial charge in [0.25, 0.3) is 5.91 Å². The largest absolute Gasteiger partial charge is 0.497 e. The molecule has 0 spiro atoms. The summed E-state index contributed by atoms with van der Waals surface area (Å²) in [4.78, 5) is 22.7. The van der Waals surface area contributed by atoms with Gasteiger partial charge in [-0.15, -0.1) is 0 Å². The van der Waals surface area contributed by atoms with Gasteiger partial charge in [-0.3, -0.25) is 14.4 Å². The van der Waals surface area contributed by atoms with Gasteiger partial charge in [0.1, 0.15) is 5.75 Å². The van der Waals surface area contributed by atoms with Gasteiger partial charge in [0.05, 0.1) is 23.8 Å². The minimum absolute atomic E-state index is 0.0466. The Kier molecular flexibility index (Phi) is 7.36. The summed E-state index contributed by atoms with van der Waals surface area (Å²) in [5.41, 5.74) is 4.43. The Hall–Kier alpha value is -3.13. The molecule has 1 saturated heterocycles. The summed E-state index contributed by atoms with van der Waals surface area (Å²) in [6, 6.07) is 10.2. The minimum atomic E-state index is -0.0466. The number of aromatic nitrogens is 3. The number of ether oxygens (including phenoxy) is 1. The topological polar surface area (TPSA) is 75.5 Å². The SMILES string of the molecule is COc1ccc(N2CCN(CCCNC(=O)c3cc(C(C)C)nc4c3c(C)nn4C)CC2)cc1. The number of carbonyl (C=O) groups is 1. The smallest absolute Gasteiger partial charge is 0.252 e. The van der Waals surface area contributed by atoms with Gasteiger partial charge < -0.3 is 15.0 Å². The van der Waals surface area contributed by atoms with Crippen LogP contribution in [0.1, 0.15) is 47.9 Å². The number of piperazine rings is 1. The first kappa shape index (κ1) is 24.0. The van der Waals surface area contributed by atoms with Crippen LogP contribution < -0.4 is 15.0 Å². The molecule has 4 rings (SSSR count). The predicted molar refractivity (Wildman–Crippen MR) is 136 cm³/mol. The molecule has 1 aliphatic heterocycles. The first-order chi connectivity index (χ1) is 16.4. The Bertz CT molecular complexity index is 1130. The number of hydrogen-bond acceptors (Lipinski definition) is 6. The summed E-state index contributed by atoms with van der Waals surface area (Å²) in [6.45, 7) is 11.8. The van der Waals surface area contributed by atoms with Crippen molar-refractivity contribution in [3.63, 3.8) is 0 Å². The quantitative estimate of drug-likeness (QED) is 0.516. The van der Waals surface area contributed by atoms with Crippen LogP contribution in [-0.4, -0.2) is 71.9 Å². The van der Waals surface area contributed by atoms with E-state index in [1.165, 1.54) is 5.69 Å². The fourth-order valence-corrected chi connectivity index (χ4v) is 4.56. The second-order valence-electron chi connectivity index (χ2n) is 9.29. The molecule has 2 aromatic heterocycles. The summed E-state index contributed by atoms with van der Waals surface area (Å²) in [5.74, 6) is 1.08. The normalized spacial score (nSPS) is 14.7. The number of nitrogens with zero attached hydrogens (tertiary/aromatic N) is 5. The number of rotatable bonds is 8. The van der Waals surface area contributed by atoms with E-state index in [0.29, 0.717) is 12.1 Å². The number of hydrogen-bond donors (Lipinski definition) is 1. The zero-order chi connectivity index (χ0) is 24.2. The summed E-state index contributed by atoms with van der Waals surface area (Å²) in [7, 11) is 3.57. The summed E-state index contributed by atoms with van der Waals surface area (Å²) < 4.78 is 7.02. The average Bonchev–Trinajstić information content (AvgIpc) is 3.14. The van der Waals surface area contributed by atoms with E-state index < -0.39 is 0 Å². The Morgan fingerprint density at radius 2 is 1.85 bits per heavy atom. The van der Waals surface area contributed by atoms with Gasteiger partial charge in [0.15, 0.2) is 5.65 Å². The van der Waals surface area contributed by atoms with Gasteiger partial charge in [-0.2, -0.15) is 5.10 Å². The van der Waals surface area contributed by atoms with E-state index in [2.05, 4.69) is 46.2 Å². The van der Waals surface area contributed by atoms with E-state index in [1.54, 1.807) is 11.8 Å². The van der Waals surface area contributed by atoms with Crippen LogP contribution in [0.25, 0.3) is 11.0 Å². The van der Waals surface area contributed by atoms with E-state index in [9.17, 15) is 4.79 Å². The molecule has 0 unspecified atom stereocenters. The fraction of sp³-hybridized carbons (Fsp3) is 0.500. The number of aryl methyl sites for hydroxylation is 2. The van der Waals surface area contributed by atoms with Crippen molar-refractivity contribution in [3.05, 3.63) is 47.3 Å². The number of nitrogens with one attached hydrogen (secondary N) is 1. The maximum absolute atomic E-state index is 13.1. The molecular weight excluding hydrogens is 428 g/mol. The Morgan fingerprint density at radius 1 is 1.15 bits per heavy atom. The van der Waals surface area contributed by atoms with Gasteiger partial charge in [-0.05, 0) is 56.1 Å². The molecular formula is C26H36N6O2. The van der Waals surface area contributed by atoms with Crippen molar-refractivity contribution in [2.24, 2.45) is 7.05 Å². The highest BCUT2D eigenvalue weighted by molar-refractivity contribution is 6.06.